The SMILES string of the molecule is CC(C)c1onc(Cc2c(Cl)cccc2Cl)c1COc1ccc(-c2ccc3c(C(=O)O)cccc3c2)cc1. The van der Waals surface area contributed by atoms with Crippen molar-refractivity contribution < 1.29 is 19.2 Å². The van der Waals surface area contributed by atoms with Crippen LogP contribution in [0.4, 0.5) is 0 Å². The number of aromatic nitrogens is 1. The molecule has 0 fully saturated rings. The van der Waals surface area contributed by atoms with Gasteiger partial charge in [0.1, 0.15) is 18.1 Å². The minimum absolute atomic E-state index is 0.133. The Morgan fingerprint density at radius 2 is 1.61 bits per heavy atom. The Balaban J connectivity index is 1.36. The molecule has 0 saturated carbocycles. The highest BCUT2D eigenvalue weighted by Gasteiger charge is 2.21. The number of nitrogens with zero attached hydrogens (tertiary/aromatic N) is 1. The highest BCUT2D eigenvalue weighted by atomic mass is 35.5. The number of carboxylic acids is 1. The fourth-order valence-corrected chi connectivity index (χ4v) is 5.05. The predicted molar refractivity (Wildman–Crippen MR) is 151 cm³/mol. The molecule has 0 amide bonds. The molecule has 1 heterocycles. The summed E-state index contributed by atoms with van der Waals surface area (Å²) in [4.78, 5) is 11.5. The zero-order valence-corrected chi connectivity index (χ0v) is 22.4. The fraction of sp³-hybridized carbons (Fsp3) is 0.161. The van der Waals surface area contributed by atoms with Gasteiger partial charge in [0.2, 0.25) is 0 Å². The van der Waals surface area contributed by atoms with Crippen molar-refractivity contribution in [1.29, 1.82) is 0 Å². The molecule has 0 bridgehead atoms. The molecule has 0 atom stereocenters. The fourth-order valence-electron chi connectivity index (χ4n) is 4.52. The van der Waals surface area contributed by atoms with Crippen LogP contribution in [0.1, 0.15) is 52.7 Å². The summed E-state index contributed by atoms with van der Waals surface area (Å²) >= 11 is 12.8. The van der Waals surface area contributed by atoms with Gasteiger partial charge in [0, 0.05) is 22.4 Å². The second-order valence-electron chi connectivity index (χ2n) is 9.36. The summed E-state index contributed by atoms with van der Waals surface area (Å²) in [5.74, 6) is 0.682. The van der Waals surface area contributed by atoms with Crippen LogP contribution in [0.2, 0.25) is 10.0 Å². The van der Waals surface area contributed by atoms with Crippen LogP contribution in [-0.2, 0) is 13.0 Å². The molecule has 0 aliphatic carbocycles. The van der Waals surface area contributed by atoms with Crippen molar-refractivity contribution >= 4 is 39.9 Å². The quantitative estimate of drug-likeness (QED) is 0.211. The molecule has 7 heteroatoms. The Morgan fingerprint density at radius 1 is 0.921 bits per heavy atom. The molecule has 0 unspecified atom stereocenters. The van der Waals surface area contributed by atoms with E-state index in [2.05, 4.69) is 5.16 Å². The van der Waals surface area contributed by atoms with Gasteiger partial charge in [-0.25, -0.2) is 4.79 Å². The zero-order chi connectivity index (χ0) is 26.8. The first-order valence-corrected chi connectivity index (χ1v) is 13.0. The first kappa shape index (κ1) is 25.8. The number of carboxylic acid groups (broad SMARTS) is 1. The lowest BCUT2D eigenvalue weighted by Crippen LogP contribution is -2.03. The minimum atomic E-state index is -0.934. The summed E-state index contributed by atoms with van der Waals surface area (Å²) in [5, 5.41) is 16.5. The molecular weight excluding hydrogens is 521 g/mol. The Kier molecular flexibility index (Phi) is 7.41. The number of benzene rings is 4. The van der Waals surface area contributed by atoms with Gasteiger partial charge < -0.3 is 14.4 Å². The molecule has 5 aromatic rings. The van der Waals surface area contributed by atoms with Crippen LogP contribution in [0.5, 0.6) is 5.75 Å². The van der Waals surface area contributed by atoms with Gasteiger partial charge in [0.15, 0.2) is 0 Å². The van der Waals surface area contributed by atoms with Crippen molar-refractivity contribution in [2.24, 2.45) is 0 Å². The molecule has 192 valence electrons. The van der Waals surface area contributed by atoms with Crippen LogP contribution in [0.3, 0.4) is 0 Å². The van der Waals surface area contributed by atoms with Gasteiger partial charge in [-0.3, -0.25) is 0 Å². The average molecular weight is 546 g/mol. The van der Waals surface area contributed by atoms with E-state index in [4.69, 9.17) is 32.5 Å². The zero-order valence-electron chi connectivity index (χ0n) is 20.9. The highest BCUT2D eigenvalue weighted by molar-refractivity contribution is 6.36. The second-order valence-corrected chi connectivity index (χ2v) is 10.2. The van der Waals surface area contributed by atoms with Crippen LogP contribution in [0.15, 0.2) is 83.4 Å². The molecule has 1 N–H and O–H groups in total. The van der Waals surface area contributed by atoms with Gasteiger partial charge in [-0.15, -0.1) is 0 Å². The van der Waals surface area contributed by atoms with Crippen LogP contribution in [0.25, 0.3) is 21.9 Å². The van der Waals surface area contributed by atoms with E-state index in [1.165, 1.54) is 0 Å². The number of fused-ring (bicyclic) bond motifs is 1. The normalized spacial score (nSPS) is 11.3. The number of ether oxygens (including phenoxy) is 1. The molecule has 0 spiro atoms. The third-order valence-electron chi connectivity index (χ3n) is 6.51. The molecule has 4 aromatic carbocycles. The Labute approximate surface area is 230 Å². The maximum atomic E-state index is 11.5. The first-order valence-electron chi connectivity index (χ1n) is 12.2. The topological polar surface area (TPSA) is 72.6 Å². The van der Waals surface area contributed by atoms with Crippen molar-refractivity contribution in [1.82, 2.24) is 5.16 Å². The number of aromatic carboxylic acids is 1. The molecule has 0 saturated heterocycles. The number of hydrogen-bond acceptors (Lipinski definition) is 4. The van der Waals surface area contributed by atoms with Crippen molar-refractivity contribution in [3.8, 4) is 16.9 Å². The summed E-state index contributed by atoms with van der Waals surface area (Å²) in [5.41, 5.74) is 4.73. The van der Waals surface area contributed by atoms with Gasteiger partial charge >= 0.3 is 5.97 Å². The summed E-state index contributed by atoms with van der Waals surface area (Å²) < 4.78 is 11.8. The summed E-state index contributed by atoms with van der Waals surface area (Å²) in [6.45, 7) is 4.39. The minimum Gasteiger partial charge on any atom is -0.489 e. The van der Waals surface area contributed by atoms with Gasteiger partial charge in [0.25, 0.3) is 0 Å². The maximum absolute atomic E-state index is 11.5. The second kappa shape index (κ2) is 10.9. The lowest BCUT2D eigenvalue weighted by atomic mass is 9.98. The van der Waals surface area contributed by atoms with E-state index in [0.29, 0.717) is 39.8 Å². The molecule has 38 heavy (non-hydrogen) atoms. The van der Waals surface area contributed by atoms with Crippen LogP contribution >= 0.6 is 23.2 Å². The van der Waals surface area contributed by atoms with Crippen molar-refractivity contribution in [3.05, 3.63) is 117 Å². The number of hydrogen-bond donors (Lipinski definition) is 1. The lowest BCUT2D eigenvalue weighted by molar-refractivity contribution is 0.0699. The molecule has 0 radical (unpaired) electrons. The average Bonchev–Trinajstić information content (AvgIpc) is 3.32. The summed E-state index contributed by atoms with van der Waals surface area (Å²) in [6.07, 6.45) is 0.442. The maximum Gasteiger partial charge on any atom is 0.336 e. The smallest absolute Gasteiger partial charge is 0.336 e. The third kappa shape index (κ3) is 5.26. The van der Waals surface area contributed by atoms with Crippen molar-refractivity contribution in [2.75, 3.05) is 0 Å². The van der Waals surface area contributed by atoms with Crippen molar-refractivity contribution in [2.45, 2.75) is 32.8 Å². The van der Waals surface area contributed by atoms with Gasteiger partial charge in [0.05, 0.1) is 16.8 Å². The molecule has 5 nitrogen and oxygen atoms in total. The predicted octanol–water partition coefficient (Wildman–Crippen LogP) is 8.79. The van der Waals surface area contributed by atoms with Crippen LogP contribution < -0.4 is 4.74 Å². The summed E-state index contributed by atoms with van der Waals surface area (Å²) in [6, 6.07) is 24.3. The number of rotatable bonds is 8. The molecule has 5 rings (SSSR count). The van der Waals surface area contributed by atoms with E-state index >= 15 is 0 Å². The standard InChI is InChI=1S/C31H25Cl2NO4/c1-18(2)30-26(29(34-38-30)16-25-27(32)7-4-8-28(25)33)17-37-22-12-9-19(10-13-22)20-11-14-23-21(15-20)5-3-6-24(23)31(35)36/h3-15,18H,16-17H2,1-2H3,(H,35,36). The molecule has 0 aliphatic rings. The molecule has 0 aliphatic heterocycles. The van der Waals surface area contributed by atoms with Gasteiger partial charge in [-0.2, -0.15) is 0 Å². The van der Waals surface area contributed by atoms with Crippen molar-refractivity contribution in [3.63, 3.8) is 0 Å². The van der Waals surface area contributed by atoms with E-state index in [9.17, 15) is 9.90 Å². The highest BCUT2D eigenvalue weighted by Crippen LogP contribution is 2.32. The third-order valence-corrected chi connectivity index (χ3v) is 7.22. The van der Waals surface area contributed by atoms with Crippen LogP contribution in [0, 0.1) is 0 Å². The van der Waals surface area contributed by atoms with E-state index in [1.807, 2.05) is 80.6 Å². The van der Waals surface area contributed by atoms with E-state index in [0.717, 1.165) is 39.1 Å². The van der Waals surface area contributed by atoms with E-state index in [1.54, 1.807) is 12.1 Å². The van der Waals surface area contributed by atoms with Gasteiger partial charge in [-0.05, 0) is 63.9 Å². The largest absolute Gasteiger partial charge is 0.489 e. The lowest BCUT2D eigenvalue weighted by Gasteiger charge is -2.11. The number of carbonyl (C=O) groups is 1. The Morgan fingerprint density at radius 3 is 2.29 bits per heavy atom. The Hall–Kier alpha value is -3.80. The Bertz CT molecular complexity index is 1600. The van der Waals surface area contributed by atoms with Gasteiger partial charge in [-0.1, -0.05) is 84.7 Å². The van der Waals surface area contributed by atoms with E-state index in [-0.39, 0.29) is 5.92 Å². The monoisotopic (exact) mass is 545 g/mol. The van der Waals surface area contributed by atoms with Crippen LogP contribution in [-0.4, -0.2) is 16.2 Å². The number of halogens is 2. The molecule has 1 aromatic heterocycles. The summed E-state index contributed by atoms with van der Waals surface area (Å²) in [7, 11) is 0. The first-order chi connectivity index (χ1) is 18.3. The molecular formula is C31H25Cl2NO4. The van der Waals surface area contributed by atoms with E-state index < -0.39 is 5.97 Å².